The third-order valence-electron chi connectivity index (χ3n) is 18.0. The summed E-state index contributed by atoms with van der Waals surface area (Å²) in [4.78, 5) is 0. The third-order valence-corrected chi connectivity index (χ3v) is 18.3. The Morgan fingerprint density at radius 3 is 0.671 bits per heavy atom. The normalized spacial score (nSPS) is 15.9. The van der Waals surface area contributed by atoms with Gasteiger partial charge in [-0.05, 0) is 199 Å². The van der Waals surface area contributed by atoms with Crippen LogP contribution in [0.4, 0.5) is 0 Å². The van der Waals surface area contributed by atoms with E-state index in [1.54, 1.807) is 0 Å². The van der Waals surface area contributed by atoms with Crippen molar-refractivity contribution >= 4 is 11.6 Å². The maximum absolute atomic E-state index is 6.24. The summed E-state index contributed by atoms with van der Waals surface area (Å²) >= 11 is 6.24. The van der Waals surface area contributed by atoms with Gasteiger partial charge in [0.05, 0.1) is 0 Å². The van der Waals surface area contributed by atoms with Crippen LogP contribution in [0.25, 0.3) is 100 Å². The molecule has 0 atom stereocenters. The summed E-state index contributed by atoms with van der Waals surface area (Å²) in [6.45, 7) is 19.1. The van der Waals surface area contributed by atoms with E-state index in [1.165, 1.54) is 145 Å². The Hall–Kier alpha value is -7.51. The van der Waals surface area contributed by atoms with Crippen LogP contribution >= 0.6 is 11.6 Å². The van der Waals surface area contributed by atoms with Crippen LogP contribution in [0.1, 0.15) is 99.9 Å². The van der Waals surface area contributed by atoms with E-state index in [-0.39, 0.29) is 21.7 Å². The molecule has 10 aromatic carbocycles. The van der Waals surface area contributed by atoms with Crippen LogP contribution < -0.4 is 0 Å². The van der Waals surface area contributed by atoms with Gasteiger partial charge in [0.1, 0.15) is 0 Å². The Balaban J connectivity index is 0.716. The van der Waals surface area contributed by atoms with Gasteiger partial charge >= 0.3 is 0 Å². The van der Waals surface area contributed by atoms with Gasteiger partial charge in [0.25, 0.3) is 0 Å². The number of benzene rings is 10. The second kappa shape index (κ2) is 15.3. The number of fused-ring (bicyclic) bond motifs is 12. The molecule has 0 saturated heterocycles. The second-order valence-corrected chi connectivity index (χ2v) is 23.9. The van der Waals surface area contributed by atoms with Gasteiger partial charge in [0, 0.05) is 26.7 Å². The lowest BCUT2D eigenvalue weighted by Gasteiger charge is -2.24. The third kappa shape index (κ3) is 6.39. The fraction of sp³-hybridized carbons (Fsp3) is 0.167. The highest BCUT2D eigenvalue weighted by molar-refractivity contribution is 6.30. The molecule has 10 aromatic rings. The van der Waals surface area contributed by atoms with Crippen LogP contribution in [0, 0.1) is 0 Å². The van der Waals surface area contributed by atoms with Crippen LogP contribution in [0.15, 0.2) is 200 Å². The van der Waals surface area contributed by atoms with Gasteiger partial charge in [-0.1, -0.05) is 213 Å². The molecular weight excluding hydrogens is 900 g/mol. The SMILES string of the molecule is CC1(C)c2ccccc2-c2ccc(-c3ccc4c(c3)C(C)(C)c3cc(-c5ccc(-c6ccc7c(c6)C(C)(C)c6cc(-c8ccc9c(c8)C(C)(C)c8cc(-c%10ccc(Cl)cc%10)ccc8-9)ccc6-7)cc5)ccc3-4)cc21. The zero-order valence-electron chi connectivity index (χ0n) is 42.9. The van der Waals surface area contributed by atoms with Crippen molar-refractivity contribution in [3.63, 3.8) is 0 Å². The minimum atomic E-state index is -0.152. The molecule has 0 amide bonds. The first-order valence-corrected chi connectivity index (χ1v) is 26.5. The lowest BCUT2D eigenvalue weighted by Crippen LogP contribution is -2.15. The average Bonchev–Trinajstić information content (AvgIpc) is 3.97. The summed E-state index contributed by atoms with van der Waals surface area (Å²) in [5.41, 5.74) is 34.0. The van der Waals surface area contributed by atoms with E-state index in [1.807, 2.05) is 12.1 Å². The maximum Gasteiger partial charge on any atom is 0.0406 e. The first kappa shape index (κ1) is 44.2. The molecule has 0 unspecified atom stereocenters. The quantitative estimate of drug-likeness (QED) is 0.161. The molecule has 0 N–H and O–H groups in total. The van der Waals surface area contributed by atoms with Gasteiger partial charge in [0.15, 0.2) is 0 Å². The molecule has 0 saturated carbocycles. The van der Waals surface area contributed by atoms with Gasteiger partial charge in [-0.2, -0.15) is 0 Å². The molecule has 14 rings (SSSR count). The molecule has 0 heterocycles. The van der Waals surface area contributed by atoms with Crippen molar-refractivity contribution in [2.45, 2.75) is 77.0 Å². The lowest BCUT2D eigenvalue weighted by atomic mass is 9.79. The Morgan fingerprint density at radius 2 is 0.397 bits per heavy atom. The van der Waals surface area contributed by atoms with Crippen molar-refractivity contribution in [1.82, 2.24) is 0 Å². The minimum Gasteiger partial charge on any atom is -0.0843 e. The maximum atomic E-state index is 6.24. The van der Waals surface area contributed by atoms with E-state index < -0.39 is 0 Å². The molecule has 352 valence electrons. The Labute approximate surface area is 436 Å². The van der Waals surface area contributed by atoms with Gasteiger partial charge in [0.2, 0.25) is 0 Å². The van der Waals surface area contributed by atoms with E-state index in [0.29, 0.717) is 0 Å². The van der Waals surface area contributed by atoms with E-state index in [4.69, 9.17) is 11.6 Å². The summed E-state index contributed by atoms with van der Waals surface area (Å²) in [6, 6.07) is 76.1. The van der Waals surface area contributed by atoms with E-state index >= 15 is 0 Å². The van der Waals surface area contributed by atoms with Gasteiger partial charge < -0.3 is 0 Å². The minimum absolute atomic E-state index is 0.0246. The van der Waals surface area contributed by atoms with Crippen molar-refractivity contribution < 1.29 is 0 Å². The molecule has 4 aliphatic rings. The number of hydrogen-bond donors (Lipinski definition) is 0. The van der Waals surface area contributed by atoms with Crippen molar-refractivity contribution in [3.05, 3.63) is 250 Å². The van der Waals surface area contributed by atoms with E-state index in [2.05, 4.69) is 243 Å². The van der Waals surface area contributed by atoms with Crippen LogP contribution in [0.2, 0.25) is 5.02 Å². The molecular formula is C72H57Cl. The van der Waals surface area contributed by atoms with Crippen LogP contribution in [0.3, 0.4) is 0 Å². The smallest absolute Gasteiger partial charge is 0.0406 e. The second-order valence-electron chi connectivity index (χ2n) is 23.5. The molecule has 0 aromatic heterocycles. The Morgan fingerprint density at radius 1 is 0.205 bits per heavy atom. The number of rotatable bonds is 5. The zero-order chi connectivity index (χ0) is 49.9. The van der Waals surface area contributed by atoms with Crippen molar-refractivity contribution in [2.24, 2.45) is 0 Å². The van der Waals surface area contributed by atoms with Gasteiger partial charge in [-0.25, -0.2) is 0 Å². The highest BCUT2D eigenvalue weighted by Crippen LogP contribution is 2.55. The van der Waals surface area contributed by atoms with Crippen molar-refractivity contribution in [2.75, 3.05) is 0 Å². The molecule has 0 fully saturated rings. The fourth-order valence-electron chi connectivity index (χ4n) is 13.7. The van der Waals surface area contributed by atoms with Crippen LogP contribution in [-0.2, 0) is 21.7 Å². The van der Waals surface area contributed by atoms with Crippen LogP contribution in [0.5, 0.6) is 0 Å². The Bertz CT molecular complexity index is 4000. The van der Waals surface area contributed by atoms with Gasteiger partial charge in [-0.3, -0.25) is 0 Å². The first-order valence-electron chi connectivity index (χ1n) is 26.1. The van der Waals surface area contributed by atoms with Crippen molar-refractivity contribution in [3.8, 4) is 100 Å². The first-order chi connectivity index (χ1) is 35.1. The summed E-state index contributed by atoms with van der Waals surface area (Å²) < 4.78 is 0. The predicted molar refractivity (Wildman–Crippen MR) is 309 cm³/mol. The molecule has 0 radical (unpaired) electrons. The number of hydrogen-bond acceptors (Lipinski definition) is 0. The molecule has 0 bridgehead atoms. The van der Waals surface area contributed by atoms with Crippen molar-refractivity contribution in [1.29, 1.82) is 0 Å². The molecule has 4 aliphatic carbocycles. The highest BCUT2D eigenvalue weighted by atomic mass is 35.5. The highest BCUT2D eigenvalue weighted by Gasteiger charge is 2.40. The predicted octanol–water partition coefficient (Wildman–Crippen LogP) is 19.9. The molecule has 0 nitrogen and oxygen atoms in total. The summed E-state index contributed by atoms with van der Waals surface area (Å²) in [6.07, 6.45) is 0. The summed E-state index contributed by atoms with van der Waals surface area (Å²) in [7, 11) is 0. The monoisotopic (exact) mass is 956 g/mol. The van der Waals surface area contributed by atoms with E-state index in [9.17, 15) is 0 Å². The molecule has 1 heteroatoms. The van der Waals surface area contributed by atoms with E-state index in [0.717, 1.165) is 5.02 Å². The zero-order valence-corrected chi connectivity index (χ0v) is 43.7. The topological polar surface area (TPSA) is 0 Å². The summed E-state index contributed by atoms with van der Waals surface area (Å²) in [5, 5.41) is 0.760. The molecule has 0 spiro atoms. The van der Waals surface area contributed by atoms with Crippen LogP contribution in [-0.4, -0.2) is 0 Å². The number of halogens is 1. The van der Waals surface area contributed by atoms with Gasteiger partial charge in [-0.15, -0.1) is 0 Å². The largest absolute Gasteiger partial charge is 0.0843 e. The molecule has 73 heavy (non-hydrogen) atoms. The fourth-order valence-corrected chi connectivity index (χ4v) is 13.8. The standard InChI is InChI=1S/C72H57Cl/c1-69(2)61-12-10-9-11-53(61)54-31-22-48(38-62(54)69)49-23-32-58-55-28-19-45(35-63(55)70(3,4)66(58)39-49)42-13-15-43(16-14-42)46-20-29-56-59-33-24-50(40-67(59)71(5,6)64(56)36-46)51-25-34-60-57-30-21-47(44-17-26-52(73)27-18-44)37-65(57)72(7,8)68(60)41-51/h9-41H,1-8H3. The lowest BCUT2D eigenvalue weighted by molar-refractivity contribution is 0.659. The summed E-state index contributed by atoms with van der Waals surface area (Å²) in [5.74, 6) is 0. The average molecular weight is 958 g/mol. The Kier molecular flexibility index (Phi) is 9.25. The molecule has 0 aliphatic heterocycles.